The lowest BCUT2D eigenvalue weighted by Gasteiger charge is -2.15. The van der Waals surface area contributed by atoms with Gasteiger partial charge in [-0.2, -0.15) is 0 Å². The van der Waals surface area contributed by atoms with E-state index in [2.05, 4.69) is 24.5 Å². The smallest absolute Gasteiger partial charge is 0.262 e. The molecule has 30 heavy (non-hydrogen) atoms. The minimum absolute atomic E-state index is 0.147. The number of carbonyl (C=O) groups excluding carboxylic acids is 2. The standard InChI is InChI=1S/C24H26N2O4/c1-16(2)19-11-10-17(3)13-22(19)30-15-23(27)26-21-9-5-4-8-20(21)24(28)25-14-18-7-6-12-29-18/h4-13,16H,14-15H2,1-3H3,(H,25,28)(H,26,27). The Morgan fingerprint density at radius 3 is 2.60 bits per heavy atom. The number of aryl methyl sites for hydroxylation is 1. The summed E-state index contributed by atoms with van der Waals surface area (Å²) in [6.07, 6.45) is 1.55. The first-order chi connectivity index (χ1) is 14.4. The maximum Gasteiger partial charge on any atom is 0.262 e. The van der Waals surface area contributed by atoms with Crippen molar-refractivity contribution in [2.24, 2.45) is 0 Å². The highest BCUT2D eigenvalue weighted by atomic mass is 16.5. The van der Waals surface area contributed by atoms with E-state index in [1.807, 2.05) is 25.1 Å². The summed E-state index contributed by atoms with van der Waals surface area (Å²) in [7, 11) is 0. The van der Waals surface area contributed by atoms with Crippen LogP contribution in [0.2, 0.25) is 0 Å². The molecule has 1 aromatic heterocycles. The second-order valence-electron chi connectivity index (χ2n) is 7.34. The largest absolute Gasteiger partial charge is 0.483 e. The average Bonchev–Trinajstić information content (AvgIpc) is 3.24. The Morgan fingerprint density at radius 2 is 1.87 bits per heavy atom. The predicted molar refractivity (Wildman–Crippen MR) is 116 cm³/mol. The number of anilines is 1. The molecule has 0 spiro atoms. The Bertz CT molecular complexity index is 1010. The van der Waals surface area contributed by atoms with Crippen molar-refractivity contribution in [2.45, 2.75) is 33.2 Å². The van der Waals surface area contributed by atoms with E-state index in [0.717, 1.165) is 11.1 Å². The molecule has 0 bridgehead atoms. The summed E-state index contributed by atoms with van der Waals surface area (Å²) in [5.74, 6) is 0.991. The lowest BCUT2D eigenvalue weighted by Crippen LogP contribution is -2.26. The first-order valence-electron chi connectivity index (χ1n) is 9.87. The van der Waals surface area contributed by atoms with E-state index >= 15 is 0 Å². The van der Waals surface area contributed by atoms with Crippen LogP contribution in [0.15, 0.2) is 65.3 Å². The normalized spacial score (nSPS) is 10.7. The van der Waals surface area contributed by atoms with Gasteiger partial charge in [-0.05, 0) is 54.3 Å². The third-order valence-electron chi connectivity index (χ3n) is 4.60. The summed E-state index contributed by atoms with van der Waals surface area (Å²) in [5.41, 5.74) is 2.91. The molecule has 3 rings (SSSR count). The Labute approximate surface area is 176 Å². The van der Waals surface area contributed by atoms with Gasteiger partial charge in [-0.25, -0.2) is 0 Å². The quantitative estimate of drug-likeness (QED) is 0.570. The third-order valence-corrected chi connectivity index (χ3v) is 4.60. The molecular weight excluding hydrogens is 380 g/mol. The molecule has 0 aliphatic carbocycles. The Hall–Kier alpha value is -3.54. The molecule has 0 aliphatic rings. The minimum Gasteiger partial charge on any atom is -0.483 e. The number of para-hydroxylation sites is 1. The van der Waals surface area contributed by atoms with Gasteiger partial charge in [0.05, 0.1) is 24.1 Å². The van der Waals surface area contributed by atoms with Gasteiger partial charge in [0, 0.05) is 0 Å². The topological polar surface area (TPSA) is 80.6 Å². The van der Waals surface area contributed by atoms with Gasteiger partial charge >= 0.3 is 0 Å². The van der Waals surface area contributed by atoms with Crippen LogP contribution in [0.4, 0.5) is 5.69 Å². The van der Waals surface area contributed by atoms with Gasteiger partial charge in [0.15, 0.2) is 6.61 Å². The minimum atomic E-state index is -0.336. The number of nitrogens with one attached hydrogen (secondary N) is 2. The predicted octanol–water partition coefficient (Wildman–Crippen LogP) is 4.66. The molecule has 6 heteroatoms. The molecular formula is C24H26N2O4. The van der Waals surface area contributed by atoms with Gasteiger partial charge in [0.25, 0.3) is 11.8 Å². The van der Waals surface area contributed by atoms with Crippen LogP contribution in [0.1, 0.15) is 47.0 Å². The van der Waals surface area contributed by atoms with E-state index in [1.165, 1.54) is 0 Å². The highest BCUT2D eigenvalue weighted by Gasteiger charge is 2.15. The van der Waals surface area contributed by atoms with Crippen molar-refractivity contribution >= 4 is 17.5 Å². The Morgan fingerprint density at radius 1 is 1.07 bits per heavy atom. The van der Waals surface area contributed by atoms with Crippen molar-refractivity contribution in [3.05, 3.63) is 83.3 Å². The zero-order valence-corrected chi connectivity index (χ0v) is 17.4. The van der Waals surface area contributed by atoms with Gasteiger partial charge in [-0.3, -0.25) is 9.59 Å². The first-order valence-corrected chi connectivity index (χ1v) is 9.87. The molecule has 0 aliphatic heterocycles. The molecule has 2 amide bonds. The number of rotatable bonds is 8. The number of carbonyl (C=O) groups is 2. The Kier molecular flexibility index (Phi) is 6.91. The van der Waals surface area contributed by atoms with Crippen molar-refractivity contribution in [2.75, 3.05) is 11.9 Å². The second-order valence-corrected chi connectivity index (χ2v) is 7.34. The van der Waals surface area contributed by atoms with Crippen molar-refractivity contribution < 1.29 is 18.7 Å². The molecule has 0 saturated heterocycles. The van der Waals surface area contributed by atoms with Crippen molar-refractivity contribution in [1.82, 2.24) is 5.32 Å². The third kappa shape index (κ3) is 5.50. The molecule has 0 radical (unpaired) electrons. The molecule has 156 valence electrons. The SMILES string of the molecule is Cc1ccc(C(C)C)c(OCC(=O)Nc2ccccc2C(=O)NCc2ccco2)c1. The number of benzene rings is 2. The van der Waals surface area contributed by atoms with Crippen LogP contribution in [0.5, 0.6) is 5.75 Å². The van der Waals surface area contributed by atoms with Gasteiger partial charge in [-0.15, -0.1) is 0 Å². The molecule has 6 nitrogen and oxygen atoms in total. The lowest BCUT2D eigenvalue weighted by atomic mass is 10.0. The highest BCUT2D eigenvalue weighted by molar-refractivity contribution is 6.04. The van der Waals surface area contributed by atoms with E-state index < -0.39 is 0 Å². The lowest BCUT2D eigenvalue weighted by molar-refractivity contribution is -0.118. The summed E-state index contributed by atoms with van der Waals surface area (Å²) in [4.78, 5) is 25.0. The summed E-state index contributed by atoms with van der Waals surface area (Å²) in [6.45, 7) is 6.26. The van der Waals surface area contributed by atoms with Crippen LogP contribution < -0.4 is 15.4 Å². The molecule has 3 aromatic rings. The molecule has 2 aromatic carbocycles. The number of hydrogen-bond acceptors (Lipinski definition) is 4. The van der Waals surface area contributed by atoms with Gasteiger partial charge in [0.2, 0.25) is 0 Å². The van der Waals surface area contributed by atoms with Crippen molar-refractivity contribution in [3.8, 4) is 5.75 Å². The van der Waals surface area contributed by atoms with Gasteiger partial charge < -0.3 is 19.8 Å². The van der Waals surface area contributed by atoms with E-state index in [0.29, 0.717) is 22.8 Å². The maximum absolute atomic E-state index is 12.5. The fourth-order valence-corrected chi connectivity index (χ4v) is 3.04. The summed E-state index contributed by atoms with van der Waals surface area (Å²) >= 11 is 0. The summed E-state index contributed by atoms with van der Waals surface area (Å²) in [6, 6.07) is 16.4. The van der Waals surface area contributed by atoms with Crippen molar-refractivity contribution in [3.63, 3.8) is 0 Å². The maximum atomic E-state index is 12.5. The fraction of sp³-hybridized carbons (Fsp3) is 0.250. The van der Waals surface area contributed by atoms with Gasteiger partial charge in [0.1, 0.15) is 11.5 Å². The van der Waals surface area contributed by atoms with Crippen LogP contribution in [-0.2, 0) is 11.3 Å². The number of hydrogen-bond donors (Lipinski definition) is 2. The van der Waals surface area contributed by atoms with Gasteiger partial charge in [-0.1, -0.05) is 38.1 Å². The van der Waals surface area contributed by atoms with E-state index in [4.69, 9.17) is 9.15 Å². The van der Waals surface area contributed by atoms with E-state index in [9.17, 15) is 9.59 Å². The number of ether oxygens (including phenoxy) is 1. The summed E-state index contributed by atoms with van der Waals surface area (Å²) in [5, 5.41) is 5.55. The molecule has 1 heterocycles. The average molecular weight is 406 g/mol. The molecule has 0 fully saturated rings. The van der Waals surface area contributed by atoms with Crippen LogP contribution in [-0.4, -0.2) is 18.4 Å². The monoisotopic (exact) mass is 406 g/mol. The zero-order valence-electron chi connectivity index (χ0n) is 17.4. The number of amides is 2. The molecule has 2 N–H and O–H groups in total. The van der Waals surface area contributed by atoms with Crippen LogP contribution in [0.3, 0.4) is 0 Å². The van der Waals surface area contributed by atoms with Crippen LogP contribution in [0, 0.1) is 6.92 Å². The first kappa shape index (κ1) is 21.2. The van der Waals surface area contributed by atoms with E-state index in [-0.39, 0.29) is 30.9 Å². The molecule has 0 unspecified atom stereocenters. The van der Waals surface area contributed by atoms with Crippen LogP contribution in [0.25, 0.3) is 0 Å². The Balaban J connectivity index is 1.63. The molecule has 0 atom stereocenters. The van der Waals surface area contributed by atoms with E-state index in [1.54, 1.807) is 42.7 Å². The fourth-order valence-electron chi connectivity index (χ4n) is 3.04. The van der Waals surface area contributed by atoms with Crippen molar-refractivity contribution in [1.29, 1.82) is 0 Å². The van der Waals surface area contributed by atoms with Crippen LogP contribution >= 0.6 is 0 Å². The highest BCUT2D eigenvalue weighted by Crippen LogP contribution is 2.27. The second kappa shape index (κ2) is 9.78. The number of furan rings is 1. The molecule has 0 saturated carbocycles. The zero-order chi connectivity index (χ0) is 21.5. The summed E-state index contributed by atoms with van der Waals surface area (Å²) < 4.78 is 11.0.